The first kappa shape index (κ1) is 11.8. The van der Waals surface area contributed by atoms with Crippen molar-refractivity contribution in [2.75, 3.05) is 6.54 Å². The lowest BCUT2D eigenvalue weighted by Gasteiger charge is -2.40. The van der Waals surface area contributed by atoms with Gasteiger partial charge in [-0.2, -0.15) is 0 Å². The Morgan fingerprint density at radius 2 is 1.89 bits per heavy atom. The van der Waals surface area contributed by atoms with Gasteiger partial charge in [-0.1, -0.05) is 44.5 Å². The lowest BCUT2D eigenvalue weighted by molar-refractivity contribution is -0.132. The number of benzene rings is 1. The minimum absolute atomic E-state index is 0.0701. The SMILES string of the molecule is CC(C)c1ccc([C@H]2CNC(=O)C23CCC3)cc1. The van der Waals surface area contributed by atoms with Gasteiger partial charge in [0.25, 0.3) is 0 Å². The summed E-state index contributed by atoms with van der Waals surface area (Å²) in [5.74, 6) is 1.24. The minimum atomic E-state index is -0.0701. The molecule has 1 saturated heterocycles. The lowest BCUT2D eigenvalue weighted by atomic mass is 9.60. The Labute approximate surface area is 109 Å². The van der Waals surface area contributed by atoms with Gasteiger partial charge in [-0.15, -0.1) is 0 Å². The van der Waals surface area contributed by atoms with Crippen molar-refractivity contribution in [3.05, 3.63) is 35.4 Å². The quantitative estimate of drug-likeness (QED) is 0.849. The van der Waals surface area contributed by atoms with Crippen LogP contribution >= 0.6 is 0 Å². The molecule has 2 fully saturated rings. The molecule has 1 aliphatic carbocycles. The summed E-state index contributed by atoms with van der Waals surface area (Å²) in [7, 11) is 0. The Morgan fingerprint density at radius 3 is 2.39 bits per heavy atom. The Kier molecular flexibility index (Phi) is 2.69. The van der Waals surface area contributed by atoms with Gasteiger partial charge in [0.1, 0.15) is 0 Å². The molecule has 0 unspecified atom stereocenters. The molecule has 18 heavy (non-hydrogen) atoms. The van der Waals surface area contributed by atoms with Crippen LogP contribution in [0.3, 0.4) is 0 Å². The maximum absolute atomic E-state index is 12.0. The second-order valence-electron chi connectivity index (χ2n) is 6.09. The zero-order valence-electron chi connectivity index (χ0n) is 11.2. The molecule has 0 radical (unpaired) electrons. The van der Waals surface area contributed by atoms with Gasteiger partial charge >= 0.3 is 0 Å². The van der Waals surface area contributed by atoms with Gasteiger partial charge in [-0.25, -0.2) is 0 Å². The Morgan fingerprint density at radius 1 is 1.22 bits per heavy atom. The number of nitrogens with one attached hydrogen (secondary N) is 1. The highest BCUT2D eigenvalue weighted by Gasteiger charge is 2.54. The van der Waals surface area contributed by atoms with Gasteiger partial charge in [0.05, 0.1) is 5.41 Å². The minimum Gasteiger partial charge on any atom is -0.355 e. The van der Waals surface area contributed by atoms with E-state index in [9.17, 15) is 4.79 Å². The van der Waals surface area contributed by atoms with Crippen LogP contribution in [0.2, 0.25) is 0 Å². The molecule has 1 heterocycles. The van der Waals surface area contributed by atoms with E-state index in [1.54, 1.807) is 0 Å². The first-order valence-corrected chi connectivity index (χ1v) is 7.02. The van der Waals surface area contributed by atoms with Gasteiger partial charge in [-0.3, -0.25) is 4.79 Å². The fourth-order valence-electron chi connectivity index (χ4n) is 3.41. The van der Waals surface area contributed by atoms with Crippen LogP contribution < -0.4 is 5.32 Å². The third kappa shape index (κ3) is 1.58. The molecule has 0 aromatic heterocycles. The molecular weight excluding hydrogens is 222 g/mol. The standard InChI is InChI=1S/C16H21NO/c1-11(2)12-4-6-13(7-5-12)14-10-17-15(18)16(14)8-3-9-16/h4-7,11,14H,3,8-10H2,1-2H3,(H,17,18)/t14-/m1/s1. The van der Waals surface area contributed by atoms with Crippen LogP contribution in [0.15, 0.2) is 24.3 Å². The van der Waals surface area contributed by atoms with Gasteiger partial charge in [0.15, 0.2) is 0 Å². The van der Waals surface area contributed by atoms with Crippen molar-refractivity contribution >= 4 is 5.91 Å². The topological polar surface area (TPSA) is 29.1 Å². The summed E-state index contributed by atoms with van der Waals surface area (Å²) in [6.07, 6.45) is 3.33. The summed E-state index contributed by atoms with van der Waals surface area (Å²) < 4.78 is 0. The van der Waals surface area contributed by atoms with Crippen LogP contribution in [-0.2, 0) is 4.79 Å². The van der Waals surface area contributed by atoms with Crippen LogP contribution in [0.25, 0.3) is 0 Å². The van der Waals surface area contributed by atoms with Crippen LogP contribution in [-0.4, -0.2) is 12.5 Å². The van der Waals surface area contributed by atoms with Crippen molar-refractivity contribution in [2.45, 2.75) is 44.9 Å². The largest absolute Gasteiger partial charge is 0.355 e. The molecule has 1 saturated carbocycles. The van der Waals surface area contributed by atoms with Crippen molar-refractivity contribution in [3.8, 4) is 0 Å². The predicted molar refractivity (Wildman–Crippen MR) is 72.6 cm³/mol. The van der Waals surface area contributed by atoms with Gasteiger partial charge < -0.3 is 5.32 Å². The first-order chi connectivity index (χ1) is 8.63. The second-order valence-corrected chi connectivity index (χ2v) is 6.09. The molecule has 1 aliphatic heterocycles. The number of amides is 1. The zero-order chi connectivity index (χ0) is 12.8. The van der Waals surface area contributed by atoms with E-state index in [2.05, 4.69) is 43.4 Å². The average molecular weight is 243 g/mol. The highest BCUT2D eigenvalue weighted by molar-refractivity contribution is 5.87. The summed E-state index contributed by atoms with van der Waals surface area (Å²) in [6.45, 7) is 5.24. The highest BCUT2D eigenvalue weighted by Crippen LogP contribution is 2.54. The zero-order valence-corrected chi connectivity index (χ0v) is 11.2. The monoisotopic (exact) mass is 243 g/mol. The van der Waals surface area contributed by atoms with Crippen LogP contribution in [0.5, 0.6) is 0 Å². The van der Waals surface area contributed by atoms with Crippen molar-refractivity contribution in [2.24, 2.45) is 5.41 Å². The fraction of sp³-hybridized carbons (Fsp3) is 0.562. The summed E-state index contributed by atoms with van der Waals surface area (Å²) >= 11 is 0. The summed E-state index contributed by atoms with van der Waals surface area (Å²) in [4.78, 5) is 12.0. The average Bonchev–Trinajstić information content (AvgIpc) is 2.66. The second kappa shape index (κ2) is 4.11. The third-order valence-corrected chi connectivity index (χ3v) is 4.84. The number of hydrogen-bond donors (Lipinski definition) is 1. The first-order valence-electron chi connectivity index (χ1n) is 7.02. The predicted octanol–water partition coefficient (Wildman–Crippen LogP) is 3.19. The molecule has 2 aliphatic rings. The van der Waals surface area contributed by atoms with E-state index in [-0.39, 0.29) is 11.3 Å². The maximum atomic E-state index is 12.0. The lowest BCUT2D eigenvalue weighted by Crippen LogP contribution is -2.40. The van der Waals surface area contributed by atoms with Crippen molar-refractivity contribution in [1.82, 2.24) is 5.32 Å². The molecule has 0 bridgehead atoms. The Balaban J connectivity index is 1.88. The molecule has 1 amide bonds. The molecule has 1 aromatic carbocycles. The van der Waals surface area contributed by atoms with E-state index in [1.165, 1.54) is 17.5 Å². The molecule has 1 atom stereocenters. The Bertz CT molecular complexity index is 456. The normalized spacial score (nSPS) is 25.3. The van der Waals surface area contributed by atoms with Gasteiger partial charge in [0, 0.05) is 12.5 Å². The molecule has 3 rings (SSSR count). The fourth-order valence-corrected chi connectivity index (χ4v) is 3.41. The smallest absolute Gasteiger partial charge is 0.226 e. The van der Waals surface area contributed by atoms with Gasteiger partial charge in [-0.05, 0) is 29.9 Å². The molecule has 2 heteroatoms. The van der Waals surface area contributed by atoms with Crippen LogP contribution in [0.4, 0.5) is 0 Å². The van der Waals surface area contributed by atoms with E-state index in [0.717, 1.165) is 19.4 Å². The highest BCUT2D eigenvalue weighted by atomic mass is 16.2. The van der Waals surface area contributed by atoms with E-state index >= 15 is 0 Å². The third-order valence-electron chi connectivity index (χ3n) is 4.84. The van der Waals surface area contributed by atoms with Crippen LogP contribution in [0.1, 0.15) is 56.1 Å². The van der Waals surface area contributed by atoms with E-state index < -0.39 is 0 Å². The molecule has 1 spiro atoms. The summed E-state index contributed by atoms with van der Waals surface area (Å²) in [5.41, 5.74) is 2.63. The molecular formula is C16H21NO. The van der Waals surface area contributed by atoms with Crippen molar-refractivity contribution < 1.29 is 4.79 Å². The van der Waals surface area contributed by atoms with Crippen molar-refractivity contribution in [3.63, 3.8) is 0 Å². The van der Waals surface area contributed by atoms with E-state index in [0.29, 0.717) is 11.8 Å². The number of hydrogen-bond acceptors (Lipinski definition) is 1. The summed E-state index contributed by atoms with van der Waals surface area (Å²) in [6, 6.07) is 8.88. The molecule has 1 N–H and O–H groups in total. The van der Waals surface area contributed by atoms with Crippen LogP contribution in [0, 0.1) is 5.41 Å². The Hall–Kier alpha value is -1.31. The maximum Gasteiger partial charge on any atom is 0.226 e. The number of carbonyl (C=O) groups is 1. The van der Waals surface area contributed by atoms with E-state index in [1.807, 2.05) is 0 Å². The summed E-state index contributed by atoms with van der Waals surface area (Å²) in [5, 5.41) is 3.06. The van der Waals surface area contributed by atoms with E-state index in [4.69, 9.17) is 0 Å². The molecule has 1 aromatic rings. The number of carbonyl (C=O) groups excluding carboxylic acids is 1. The van der Waals surface area contributed by atoms with Crippen molar-refractivity contribution in [1.29, 1.82) is 0 Å². The molecule has 2 nitrogen and oxygen atoms in total. The van der Waals surface area contributed by atoms with Gasteiger partial charge in [0.2, 0.25) is 5.91 Å². The molecule has 96 valence electrons. The number of rotatable bonds is 2.